The van der Waals surface area contributed by atoms with Crippen molar-refractivity contribution < 1.29 is 26.3 Å². The minimum absolute atomic E-state index is 0.498. The van der Waals surface area contributed by atoms with Gasteiger partial charge in [-0.1, -0.05) is 24.3 Å². The standard InChI is InChI=1S/C30H21F6N3/c1-28(23-6-8-25(9-7-23)30(34,35)36)19-22(20-10-14-37-15-11-20)18-27(39(28)26-12-16-38-17-13-26)21-2-4-24(5-3-21)29(31,32)33/h2-19H,1H3. The number of rotatable bonds is 4. The molecule has 9 heteroatoms. The van der Waals surface area contributed by atoms with Gasteiger partial charge in [0.2, 0.25) is 0 Å². The molecule has 0 spiro atoms. The summed E-state index contributed by atoms with van der Waals surface area (Å²) in [6.45, 7) is 1.86. The Morgan fingerprint density at radius 3 is 1.62 bits per heavy atom. The molecule has 0 fully saturated rings. The predicted molar refractivity (Wildman–Crippen MR) is 137 cm³/mol. The Hall–Kier alpha value is -4.40. The monoisotopic (exact) mass is 537 g/mol. The number of benzene rings is 2. The number of pyridine rings is 2. The highest BCUT2D eigenvalue weighted by atomic mass is 19.4. The van der Waals surface area contributed by atoms with Gasteiger partial charge in [0.15, 0.2) is 0 Å². The van der Waals surface area contributed by atoms with E-state index in [9.17, 15) is 26.3 Å². The van der Waals surface area contributed by atoms with E-state index in [1.165, 1.54) is 24.3 Å². The zero-order chi connectivity index (χ0) is 27.8. The molecule has 1 aliphatic heterocycles. The molecule has 1 aliphatic rings. The smallest absolute Gasteiger partial charge is 0.327 e. The van der Waals surface area contributed by atoms with E-state index >= 15 is 0 Å². The Morgan fingerprint density at radius 1 is 0.615 bits per heavy atom. The van der Waals surface area contributed by atoms with Gasteiger partial charge in [0, 0.05) is 30.5 Å². The average Bonchev–Trinajstić information content (AvgIpc) is 2.93. The van der Waals surface area contributed by atoms with Crippen molar-refractivity contribution in [3.8, 4) is 0 Å². The highest BCUT2D eigenvalue weighted by Gasteiger charge is 2.39. The fraction of sp³-hybridized carbons (Fsp3) is 0.133. The summed E-state index contributed by atoms with van der Waals surface area (Å²) in [5.74, 6) is 0. The van der Waals surface area contributed by atoms with Crippen LogP contribution in [-0.2, 0) is 17.9 Å². The van der Waals surface area contributed by atoms with Crippen molar-refractivity contribution in [3.05, 3.63) is 138 Å². The summed E-state index contributed by atoms with van der Waals surface area (Å²) in [6.07, 6.45) is 1.17. The minimum Gasteiger partial charge on any atom is -0.327 e. The summed E-state index contributed by atoms with van der Waals surface area (Å²) < 4.78 is 80.0. The molecule has 0 aliphatic carbocycles. The number of halogens is 6. The van der Waals surface area contributed by atoms with Crippen molar-refractivity contribution in [2.45, 2.75) is 24.8 Å². The first-order chi connectivity index (χ1) is 18.5. The zero-order valence-electron chi connectivity index (χ0n) is 20.5. The first kappa shape index (κ1) is 26.2. The van der Waals surface area contributed by atoms with Crippen LogP contribution in [0.25, 0.3) is 11.3 Å². The summed E-state index contributed by atoms with van der Waals surface area (Å²) in [4.78, 5) is 10.0. The van der Waals surface area contributed by atoms with Crippen LogP contribution in [0.1, 0.15) is 34.7 Å². The third-order valence-corrected chi connectivity index (χ3v) is 6.67. The van der Waals surface area contributed by atoms with Crippen molar-refractivity contribution in [1.82, 2.24) is 9.97 Å². The molecule has 1 atom stereocenters. The van der Waals surface area contributed by atoms with Crippen molar-refractivity contribution >= 4 is 17.0 Å². The Morgan fingerprint density at radius 2 is 1.10 bits per heavy atom. The number of aromatic nitrogens is 2. The SMILES string of the molecule is CC1(c2ccc(C(F)(F)F)cc2)C=C(c2ccncc2)C=C(c2ccc(C(F)(F)F)cc2)N1c1ccncc1. The number of nitrogens with zero attached hydrogens (tertiary/aromatic N) is 3. The van der Waals surface area contributed by atoms with Gasteiger partial charge in [-0.15, -0.1) is 0 Å². The molecule has 0 saturated carbocycles. The van der Waals surface area contributed by atoms with Gasteiger partial charge < -0.3 is 4.90 Å². The van der Waals surface area contributed by atoms with Gasteiger partial charge in [-0.05, 0) is 89.9 Å². The van der Waals surface area contributed by atoms with Crippen LogP contribution < -0.4 is 4.90 Å². The first-order valence-electron chi connectivity index (χ1n) is 11.9. The van der Waals surface area contributed by atoms with Crippen LogP contribution in [0.3, 0.4) is 0 Å². The maximum absolute atomic E-state index is 13.4. The molecule has 0 radical (unpaired) electrons. The molecule has 198 valence electrons. The Labute approximate surface area is 220 Å². The molecule has 0 amide bonds. The van der Waals surface area contributed by atoms with E-state index in [0.29, 0.717) is 22.5 Å². The fourth-order valence-corrected chi connectivity index (χ4v) is 4.73. The van der Waals surface area contributed by atoms with Gasteiger partial charge in [0.25, 0.3) is 0 Å². The fourth-order valence-electron chi connectivity index (χ4n) is 4.73. The lowest BCUT2D eigenvalue weighted by atomic mass is 9.81. The van der Waals surface area contributed by atoms with E-state index < -0.39 is 29.0 Å². The third-order valence-electron chi connectivity index (χ3n) is 6.67. The van der Waals surface area contributed by atoms with Gasteiger partial charge in [-0.25, -0.2) is 0 Å². The van der Waals surface area contributed by atoms with Crippen LogP contribution in [0.15, 0.2) is 110 Å². The second-order valence-electron chi connectivity index (χ2n) is 9.20. The van der Waals surface area contributed by atoms with Crippen LogP contribution in [0.4, 0.5) is 32.0 Å². The number of hydrogen-bond acceptors (Lipinski definition) is 3. The number of allylic oxidation sites excluding steroid dienone is 2. The molecule has 3 nitrogen and oxygen atoms in total. The Bertz CT molecular complexity index is 1510. The van der Waals surface area contributed by atoms with Crippen molar-refractivity contribution in [3.63, 3.8) is 0 Å². The Kier molecular flexibility index (Phi) is 6.54. The van der Waals surface area contributed by atoms with Crippen molar-refractivity contribution in [2.24, 2.45) is 0 Å². The second-order valence-corrected chi connectivity index (χ2v) is 9.20. The maximum atomic E-state index is 13.4. The third kappa shape index (κ3) is 5.16. The molecule has 4 aromatic rings. The van der Waals surface area contributed by atoms with E-state index in [-0.39, 0.29) is 0 Å². The second kappa shape index (κ2) is 9.72. The van der Waals surface area contributed by atoms with Gasteiger partial charge in [-0.3, -0.25) is 9.97 Å². The summed E-state index contributed by atoms with van der Waals surface area (Å²) >= 11 is 0. The van der Waals surface area contributed by atoms with E-state index in [1.54, 1.807) is 49.1 Å². The molecule has 39 heavy (non-hydrogen) atoms. The summed E-state index contributed by atoms with van der Waals surface area (Å²) in [5, 5.41) is 0. The van der Waals surface area contributed by atoms with E-state index in [2.05, 4.69) is 9.97 Å². The lowest BCUT2D eigenvalue weighted by Gasteiger charge is -2.46. The van der Waals surface area contributed by atoms with Gasteiger partial charge in [0.1, 0.15) is 0 Å². The minimum atomic E-state index is -4.50. The molecule has 0 saturated heterocycles. The van der Waals surface area contributed by atoms with E-state index in [4.69, 9.17) is 0 Å². The summed E-state index contributed by atoms with van der Waals surface area (Å²) in [5.41, 5.74) is 1.19. The average molecular weight is 538 g/mol. The van der Waals surface area contributed by atoms with Crippen LogP contribution in [0, 0.1) is 0 Å². The van der Waals surface area contributed by atoms with Crippen LogP contribution >= 0.6 is 0 Å². The maximum Gasteiger partial charge on any atom is 0.416 e. The molecule has 2 aromatic carbocycles. The number of anilines is 1. The molecule has 0 N–H and O–H groups in total. The lowest BCUT2D eigenvalue weighted by Crippen LogP contribution is -2.43. The molecule has 0 bridgehead atoms. The first-order valence-corrected chi connectivity index (χ1v) is 11.9. The van der Waals surface area contributed by atoms with Gasteiger partial charge in [-0.2, -0.15) is 26.3 Å². The van der Waals surface area contributed by atoms with Crippen molar-refractivity contribution in [2.75, 3.05) is 4.90 Å². The number of hydrogen-bond donors (Lipinski definition) is 0. The Balaban J connectivity index is 1.75. The van der Waals surface area contributed by atoms with E-state index in [0.717, 1.165) is 35.4 Å². The largest absolute Gasteiger partial charge is 0.416 e. The van der Waals surface area contributed by atoms with Crippen LogP contribution in [0.2, 0.25) is 0 Å². The molecular weight excluding hydrogens is 516 g/mol. The highest BCUT2D eigenvalue weighted by Crippen LogP contribution is 2.47. The van der Waals surface area contributed by atoms with Gasteiger partial charge >= 0.3 is 12.4 Å². The van der Waals surface area contributed by atoms with Crippen molar-refractivity contribution in [1.29, 1.82) is 0 Å². The summed E-state index contributed by atoms with van der Waals surface area (Å²) in [6, 6.07) is 16.8. The number of alkyl halides is 6. The quantitative estimate of drug-likeness (QED) is 0.245. The molecule has 3 heterocycles. The lowest BCUT2D eigenvalue weighted by molar-refractivity contribution is -0.138. The van der Waals surface area contributed by atoms with Crippen LogP contribution in [0.5, 0.6) is 0 Å². The topological polar surface area (TPSA) is 29.0 Å². The molecule has 1 unspecified atom stereocenters. The normalized spacial score (nSPS) is 18.0. The van der Waals surface area contributed by atoms with Gasteiger partial charge in [0.05, 0.1) is 22.4 Å². The predicted octanol–water partition coefficient (Wildman–Crippen LogP) is 8.37. The summed E-state index contributed by atoms with van der Waals surface area (Å²) in [7, 11) is 0. The van der Waals surface area contributed by atoms with E-state index in [1.807, 2.05) is 24.0 Å². The molecular formula is C30H21F6N3. The molecule has 2 aromatic heterocycles. The zero-order valence-corrected chi connectivity index (χ0v) is 20.5. The molecule has 5 rings (SSSR count). The van der Waals surface area contributed by atoms with Crippen LogP contribution in [-0.4, -0.2) is 9.97 Å². The highest BCUT2D eigenvalue weighted by molar-refractivity contribution is 5.94.